The summed E-state index contributed by atoms with van der Waals surface area (Å²) in [7, 11) is 1.60. The monoisotopic (exact) mass is 315 g/mol. The molecule has 0 radical (unpaired) electrons. The molecule has 0 amide bonds. The van der Waals surface area contributed by atoms with Crippen molar-refractivity contribution in [1.82, 2.24) is 4.72 Å². The number of nitrogens with one attached hydrogen (secondary N) is 1. The molecule has 0 aliphatic rings. The Morgan fingerprint density at radius 3 is 2.65 bits per heavy atom. The van der Waals surface area contributed by atoms with Gasteiger partial charge in [-0.25, -0.2) is 0 Å². The summed E-state index contributed by atoms with van der Waals surface area (Å²) in [5.74, 6) is 0.683. The minimum Gasteiger partial charge on any atom is -0.598 e. The van der Waals surface area contributed by atoms with E-state index < -0.39 is 11.4 Å². The van der Waals surface area contributed by atoms with Gasteiger partial charge in [0, 0.05) is 21.9 Å². The smallest absolute Gasteiger partial charge is 0.136 e. The minimum absolute atomic E-state index is 0.198. The van der Waals surface area contributed by atoms with Crippen LogP contribution in [0.25, 0.3) is 0 Å². The fourth-order valence-corrected chi connectivity index (χ4v) is 2.85. The number of hydrogen-bond acceptors (Lipinski definition) is 3. The number of rotatable bonds is 6. The van der Waals surface area contributed by atoms with Crippen molar-refractivity contribution in [3.05, 3.63) is 41.4 Å². The first kappa shape index (κ1) is 17.4. The van der Waals surface area contributed by atoms with Gasteiger partial charge in [0.1, 0.15) is 10.5 Å². The van der Waals surface area contributed by atoms with Crippen LogP contribution in [0.4, 0.5) is 0 Å². The summed E-state index contributed by atoms with van der Waals surface area (Å²) >= 11 is 5.08. The Labute approximate surface area is 129 Å². The van der Waals surface area contributed by atoms with Crippen molar-refractivity contribution in [1.29, 1.82) is 0 Å². The maximum absolute atomic E-state index is 12.3. The summed E-state index contributed by atoms with van der Waals surface area (Å²) in [6.45, 7) is 9.52. The molecule has 3 nitrogen and oxygen atoms in total. The molecule has 1 aromatic rings. The van der Waals surface area contributed by atoms with Crippen LogP contribution in [0.3, 0.4) is 0 Å². The Balaban J connectivity index is 3.11. The Hall–Kier alpha value is -0.680. The summed E-state index contributed by atoms with van der Waals surface area (Å²) in [5, 5.41) is 0.592. The Morgan fingerprint density at radius 2 is 2.15 bits per heavy atom. The third-order valence-electron chi connectivity index (χ3n) is 2.79. The zero-order valence-corrected chi connectivity index (χ0v) is 14.0. The van der Waals surface area contributed by atoms with Gasteiger partial charge in [-0.3, -0.25) is 0 Å². The molecule has 5 heteroatoms. The lowest BCUT2D eigenvalue weighted by atomic mass is 10.0. The zero-order chi connectivity index (χ0) is 15.3. The van der Waals surface area contributed by atoms with E-state index in [9.17, 15) is 4.55 Å². The lowest BCUT2D eigenvalue weighted by Gasteiger charge is -2.28. The van der Waals surface area contributed by atoms with E-state index in [2.05, 4.69) is 11.3 Å². The molecule has 20 heavy (non-hydrogen) atoms. The average molecular weight is 316 g/mol. The Morgan fingerprint density at radius 1 is 1.50 bits per heavy atom. The average Bonchev–Trinajstić information content (AvgIpc) is 2.36. The van der Waals surface area contributed by atoms with Crippen LogP contribution in [0.2, 0.25) is 5.02 Å². The van der Waals surface area contributed by atoms with Gasteiger partial charge in [-0.2, -0.15) is 0 Å². The molecule has 0 heterocycles. The molecule has 0 aliphatic heterocycles. The predicted octanol–water partition coefficient (Wildman–Crippen LogP) is 4.02. The van der Waals surface area contributed by atoms with Crippen molar-refractivity contribution in [3.63, 3.8) is 0 Å². The molecule has 0 saturated carbocycles. The van der Waals surface area contributed by atoms with Crippen LogP contribution in [0.15, 0.2) is 30.9 Å². The van der Waals surface area contributed by atoms with Crippen LogP contribution in [0.5, 0.6) is 5.75 Å². The van der Waals surface area contributed by atoms with Crippen LogP contribution < -0.4 is 9.46 Å². The number of methoxy groups -OCH3 is 1. The Bertz CT molecular complexity index is 460. The normalized spacial score (nSPS) is 14.7. The second-order valence-electron chi connectivity index (χ2n) is 5.43. The highest BCUT2D eigenvalue weighted by molar-refractivity contribution is 7.90. The number of halogens is 1. The summed E-state index contributed by atoms with van der Waals surface area (Å²) in [6.07, 6.45) is 2.39. The van der Waals surface area contributed by atoms with Crippen molar-refractivity contribution in [2.75, 3.05) is 7.11 Å². The van der Waals surface area contributed by atoms with E-state index >= 15 is 0 Å². The van der Waals surface area contributed by atoms with E-state index in [1.807, 2.05) is 32.9 Å². The first-order valence-electron chi connectivity index (χ1n) is 6.42. The van der Waals surface area contributed by atoms with Gasteiger partial charge in [-0.1, -0.05) is 23.7 Å². The van der Waals surface area contributed by atoms with Crippen molar-refractivity contribution in [2.24, 2.45) is 0 Å². The molecule has 0 unspecified atom stereocenters. The third kappa shape index (κ3) is 4.42. The van der Waals surface area contributed by atoms with E-state index in [0.717, 1.165) is 5.56 Å². The topological polar surface area (TPSA) is 44.3 Å². The quantitative estimate of drug-likeness (QED) is 0.637. The van der Waals surface area contributed by atoms with E-state index in [4.69, 9.17) is 16.3 Å². The first-order chi connectivity index (χ1) is 9.31. The summed E-state index contributed by atoms with van der Waals surface area (Å²) in [6, 6.07) is 5.28. The highest BCUT2D eigenvalue weighted by Crippen LogP contribution is 2.35. The lowest BCUT2D eigenvalue weighted by Crippen LogP contribution is -2.41. The molecule has 1 aromatic carbocycles. The van der Waals surface area contributed by atoms with Gasteiger partial charge in [0.15, 0.2) is 0 Å². The van der Waals surface area contributed by atoms with Crippen molar-refractivity contribution >= 4 is 23.0 Å². The molecular formula is C15H22ClNO2S. The summed E-state index contributed by atoms with van der Waals surface area (Å²) in [4.78, 5) is 0. The molecule has 2 atom stereocenters. The van der Waals surface area contributed by atoms with Crippen LogP contribution in [0, 0.1) is 0 Å². The van der Waals surface area contributed by atoms with Crippen molar-refractivity contribution in [2.45, 2.75) is 38.0 Å². The predicted molar refractivity (Wildman–Crippen MR) is 86.6 cm³/mol. The largest absolute Gasteiger partial charge is 0.598 e. The SMILES string of the molecule is C=CC[C@@H](N[S@@+]([O-])C(C)(C)C)c1c(Cl)cccc1OC. The maximum atomic E-state index is 12.3. The van der Waals surface area contributed by atoms with E-state index in [-0.39, 0.29) is 10.8 Å². The van der Waals surface area contributed by atoms with Crippen LogP contribution in [-0.4, -0.2) is 16.4 Å². The van der Waals surface area contributed by atoms with E-state index in [1.165, 1.54) is 0 Å². The molecule has 0 aromatic heterocycles. The highest BCUT2D eigenvalue weighted by Gasteiger charge is 2.31. The highest BCUT2D eigenvalue weighted by atomic mass is 35.5. The number of benzene rings is 1. The maximum Gasteiger partial charge on any atom is 0.136 e. The molecule has 112 valence electrons. The van der Waals surface area contributed by atoms with Crippen molar-refractivity contribution in [3.8, 4) is 5.75 Å². The molecule has 0 bridgehead atoms. The van der Waals surface area contributed by atoms with Gasteiger partial charge in [-0.05, 0) is 39.3 Å². The fourth-order valence-electron chi connectivity index (χ4n) is 1.73. The summed E-state index contributed by atoms with van der Waals surface area (Å²) < 4.78 is 20.5. The van der Waals surface area contributed by atoms with Crippen molar-refractivity contribution < 1.29 is 9.29 Å². The van der Waals surface area contributed by atoms with Gasteiger partial charge in [-0.15, -0.1) is 11.3 Å². The minimum atomic E-state index is -1.20. The van der Waals surface area contributed by atoms with Crippen LogP contribution >= 0.6 is 11.6 Å². The van der Waals surface area contributed by atoms with Gasteiger partial charge < -0.3 is 9.29 Å². The van der Waals surface area contributed by atoms with E-state index in [0.29, 0.717) is 17.2 Å². The van der Waals surface area contributed by atoms with Crippen LogP contribution in [-0.2, 0) is 11.4 Å². The first-order valence-corrected chi connectivity index (χ1v) is 7.95. The molecular weight excluding hydrogens is 294 g/mol. The molecule has 0 saturated heterocycles. The van der Waals surface area contributed by atoms with Gasteiger partial charge in [0.25, 0.3) is 0 Å². The molecule has 0 fully saturated rings. The Kier molecular flexibility index (Phi) is 6.40. The summed E-state index contributed by atoms with van der Waals surface area (Å²) in [5.41, 5.74) is 0.814. The van der Waals surface area contributed by atoms with Crippen LogP contribution in [0.1, 0.15) is 38.8 Å². The number of hydrogen-bond donors (Lipinski definition) is 1. The number of ether oxygens (including phenoxy) is 1. The third-order valence-corrected chi connectivity index (χ3v) is 4.73. The molecule has 0 aliphatic carbocycles. The van der Waals surface area contributed by atoms with Gasteiger partial charge in [0.05, 0.1) is 13.2 Å². The molecule has 1 N–H and O–H groups in total. The standard InChI is InChI=1S/C15H22ClNO2S/c1-6-8-12(17-20(18)15(2,3)4)14-11(16)9-7-10-13(14)19-5/h6-7,9-10,12,17H,1,8H2,2-5H3/t12-,20+/m1/s1. The fraction of sp³-hybridized carbons (Fsp3) is 0.467. The molecule has 1 rings (SSSR count). The second kappa shape index (κ2) is 7.36. The zero-order valence-electron chi connectivity index (χ0n) is 12.4. The lowest BCUT2D eigenvalue weighted by molar-refractivity contribution is 0.403. The van der Waals surface area contributed by atoms with Gasteiger partial charge >= 0.3 is 0 Å². The van der Waals surface area contributed by atoms with Gasteiger partial charge in [0.2, 0.25) is 0 Å². The molecule has 0 spiro atoms. The van der Waals surface area contributed by atoms with E-state index in [1.54, 1.807) is 19.3 Å². The second-order valence-corrected chi connectivity index (χ2v) is 7.84.